The summed E-state index contributed by atoms with van der Waals surface area (Å²) in [5.74, 6) is 0. The SMILES string of the molecule is Cc1cc2scc(Br)c2cc1CBr. The van der Waals surface area contributed by atoms with Crippen LogP contribution in [-0.2, 0) is 5.33 Å². The molecule has 0 aliphatic heterocycles. The smallest absolute Gasteiger partial charge is 0.0361 e. The molecule has 0 fully saturated rings. The van der Waals surface area contributed by atoms with Crippen molar-refractivity contribution in [2.45, 2.75) is 12.3 Å². The van der Waals surface area contributed by atoms with E-state index in [9.17, 15) is 0 Å². The van der Waals surface area contributed by atoms with E-state index in [0.717, 1.165) is 5.33 Å². The molecular formula is C10H8Br2S. The summed E-state index contributed by atoms with van der Waals surface area (Å²) in [5.41, 5.74) is 2.73. The van der Waals surface area contributed by atoms with E-state index in [1.807, 2.05) is 0 Å². The van der Waals surface area contributed by atoms with Gasteiger partial charge in [0.25, 0.3) is 0 Å². The largest absolute Gasteiger partial charge is 0.143 e. The molecular weight excluding hydrogens is 312 g/mol. The highest BCUT2D eigenvalue weighted by molar-refractivity contribution is 9.10. The molecule has 0 nitrogen and oxygen atoms in total. The van der Waals surface area contributed by atoms with Crippen LogP contribution in [0.2, 0.25) is 0 Å². The van der Waals surface area contributed by atoms with Crippen LogP contribution in [0.5, 0.6) is 0 Å². The second-order valence-electron chi connectivity index (χ2n) is 2.99. The lowest BCUT2D eigenvalue weighted by Gasteiger charge is -2.01. The lowest BCUT2D eigenvalue weighted by molar-refractivity contribution is 1.35. The van der Waals surface area contributed by atoms with E-state index in [0.29, 0.717) is 0 Å². The van der Waals surface area contributed by atoms with E-state index in [4.69, 9.17) is 0 Å². The molecule has 0 spiro atoms. The summed E-state index contributed by atoms with van der Waals surface area (Å²) in [6.07, 6.45) is 0. The average Bonchev–Trinajstić information content (AvgIpc) is 2.46. The molecule has 2 aromatic rings. The summed E-state index contributed by atoms with van der Waals surface area (Å²) in [6.45, 7) is 2.16. The quantitative estimate of drug-likeness (QED) is 0.658. The minimum atomic E-state index is 0.928. The van der Waals surface area contributed by atoms with Gasteiger partial charge in [-0.25, -0.2) is 0 Å². The van der Waals surface area contributed by atoms with E-state index >= 15 is 0 Å². The van der Waals surface area contributed by atoms with Crippen LogP contribution in [0.15, 0.2) is 22.0 Å². The van der Waals surface area contributed by atoms with Crippen LogP contribution in [0.4, 0.5) is 0 Å². The van der Waals surface area contributed by atoms with Crippen molar-refractivity contribution in [1.82, 2.24) is 0 Å². The van der Waals surface area contributed by atoms with Gasteiger partial charge in [0.2, 0.25) is 0 Å². The molecule has 1 heterocycles. The zero-order chi connectivity index (χ0) is 9.42. The first kappa shape index (κ1) is 9.69. The van der Waals surface area contributed by atoms with Crippen LogP contribution < -0.4 is 0 Å². The number of hydrogen-bond donors (Lipinski definition) is 0. The number of alkyl halides is 1. The van der Waals surface area contributed by atoms with Crippen LogP contribution in [-0.4, -0.2) is 0 Å². The summed E-state index contributed by atoms with van der Waals surface area (Å²) < 4.78 is 2.56. The van der Waals surface area contributed by atoms with Crippen LogP contribution in [0, 0.1) is 6.92 Å². The van der Waals surface area contributed by atoms with Crippen molar-refractivity contribution >= 4 is 53.3 Å². The minimum absolute atomic E-state index is 0.928. The third-order valence-electron chi connectivity index (χ3n) is 2.13. The second kappa shape index (κ2) is 3.71. The molecule has 0 radical (unpaired) electrons. The molecule has 0 amide bonds. The highest BCUT2D eigenvalue weighted by Gasteiger charge is 2.04. The molecule has 0 saturated carbocycles. The molecule has 1 aromatic carbocycles. The van der Waals surface area contributed by atoms with Crippen LogP contribution in [0.3, 0.4) is 0 Å². The Bertz CT molecular complexity index is 445. The van der Waals surface area contributed by atoms with E-state index in [1.165, 1.54) is 25.7 Å². The molecule has 3 heteroatoms. The van der Waals surface area contributed by atoms with Crippen molar-refractivity contribution in [1.29, 1.82) is 0 Å². The normalized spacial score (nSPS) is 11.0. The lowest BCUT2D eigenvalue weighted by atomic mass is 10.1. The number of hydrogen-bond acceptors (Lipinski definition) is 1. The first-order valence-electron chi connectivity index (χ1n) is 3.94. The van der Waals surface area contributed by atoms with Gasteiger partial charge in [0.05, 0.1) is 0 Å². The summed E-state index contributed by atoms with van der Waals surface area (Å²) in [4.78, 5) is 0. The van der Waals surface area contributed by atoms with Crippen LogP contribution in [0.25, 0.3) is 10.1 Å². The first-order chi connectivity index (χ1) is 6.22. The molecule has 1 aromatic heterocycles. The highest BCUT2D eigenvalue weighted by atomic mass is 79.9. The van der Waals surface area contributed by atoms with Gasteiger partial charge in [0, 0.05) is 25.3 Å². The number of thiophene rings is 1. The Hall–Kier alpha value is 0.140. The maximum Gasteiger partial charge on any atom is 0.0361 e. The molecule has 0 unspecified atom stereocenters. The topological polar surface area (TPSA) is 0 Å². The Morgan fingerprint density at radius 1 is 1.38 bits per heavy atom. The fourth-order valence-corrected chi connectivity index (χ4v) is 3.57. The zero-order valence-electron chi connectivity index (χ0n) is 7.10. The average molecular weight is 320 g/mol. The van der Waals surface area contributed by atoms with Gasteiger partial charge in [-0.05, 0) is 46.1 Å². The van der Waals surface area contributed by atoms with Crippen molar-refractivity contribution in [2.75, 3.05) is 0 Å². The maximum atomic E-state index is 3.55. The molecule has 0 saturated heterocycles. The Kier molecular flexibility index (Phi) is 2.77. The van der Waals surface area contributed by atoms with Gasteiger partial charge in [0.1, 0.15) is 0 Å². The van der Waals surface area contributed by atoms with Gasteiger partial charge in [-0.1, -0.05) is 15.9 Å². The van der Waals surface area contributed by atoms with E-state index < -0.39 is 0 Å². The van der Waals surface area contributed by atoms with Gasteiger partial charge < -0.3 is 0 Å². The number of benzene rings is 1. The monoisotopic (exact) mass is 318 g/mol. The van der Waals surface area contributed by atoms with Gasteiger partial charge >= 0.3 is 0 Å². The number of rotatable bonds is 1. The third kappa shape index (κ3) is 1.69. The van der Waals surface area contributed by atoms with Gasteiger partial charge in [-0.3, -0.25) is 0 Å². The van der Waals surface area contributed by atoms with Gasteiger partial charge in [-0.2, -0.15) is 0 Å². The molecule has 0 atom stereocenters. The number of aryl methyl sites for hydroxylation is 1. The standard InChI is InChI=1S/C10H8Br2S/c1-6-2-10-8(3-7(6)4-11)9(12)5-13-10/h2-3,5H,4H2,1H3. The van der Waals surface area contributed by atoms with Crippen molar-refractivity contribution in [2.24, 2.45) is 0 Å². The Morgan fingerprint density at radius 2 is 2.15 bits per heavy atom. The maximum absolute atomic E-state index is 3.55. The predicted octanol–water partition coefficient (Wildman–Crippen LogP) is 4.87. The fourth-order valence-electron chi connectivity index (χ4n) is 1.33. The Balaban J connectivity index is 2.77. The molecule has 0 N–H and O–H groups in total. The summed E-state index contributed by atoms with van der Waals surface area (Å²) >= 11 is 8.83. The Labute approximate surface area is 98.2 Å². The van der Waals surface area contributed by atoms with Crippen LogP contribution >= 0.6 is 43.2 Å². The number of fused-ring (bicyclic) bond motifs is 1. The molecule has 13 heavy (non-hydrogen) atoms. The predicted molar refractivity (Wildman–Crippen MR) is 66.9 cm³/mol. The van der Waals surface area contributed by atoms with Crippen molar-refractivity contribution < 1.29 is 0 Å². The van der Waals surface area contributed by atoms with Crippen molar-refractivity contribution in [3.8, 4) is 0 Å². The summed E-state index contributed by atoms with van der Waals surface area (Å²) in [6, 6.07) is 4.50. The first-order valence-corrected chi connectivity index (χ1v) is 6.74. The van der Waals surface area contributed by atoms with Crippen molar-refractivity contribution in [3.05, 3.63) is 33.1 Å². The third-order valence-corrected chi connectivity index (χ3v) is 4.64. The van der Waals surface area contributed by atoms with Gasteiger partial charge in [-0.15, -0.1) is 11.3 Å². The second-order valence-corrected chi connectivity index (χ2v) is 5.32. The molecule has 68 valence electrons. The highest BCUT2D eigenvalue weighted by Crippen LogP contribution is 2.32. The summed E-state index contributed by atoms with van der Waals surface area (Å²) in [5, 5.41) is 4.39. The van der Waals surface area contributed by atoms with E-state index in [1.54, 1.807) is 11.3 Å². The van der Waals surface area contributed by atoms with Crippen molar-refractivity contribution in [3.63, 3.8) is 0 Å². The van der Waals surface area contributed by atoms with Gasteiger partial charge in [0.15, 0.2) is 0 Å². The number of halogens is 2. The zero-order valence-corrected chi connectivity index (χ0v) is 11.1. The fraction of sp³-hybridized carbons (Fsp3) is 0.200. The molecule has 2 rings (SSSR count). The minimum Gasteiger partial charge on any atom is -0.143 e. The molecule has 0 bridgehead atoms. The Morgan fingerprint density at radius 3 is 2.85 bits per heavy atom. The van der Waals surface area contributed by atoms with Crippen LogP contribution in [0.1, 0.15) is 11.1 Å². The van der Waals surface area contributed by atoms with E-state index in [-0.39, 0.29) is 0 Å². The molecule has 0 aliphatic rings. The summed E-state index contributed by atoms with van der Waals surface area (Å²) in [7, 11) is 0. The lowest BCUT2D eigenvalue weighted by Crippen LogP contribution is -1.82. The molecule has 0 aliphatic carbocycles. The van der Waals surface area contributed by atoms with E-state index in [2.05, 4.69) is 56.3 Å².